The van der Waals surface area contributed by atoms with Crippen molar-refractivity contribution in [3.8, 4) is 5.75 Å². The summed E-state index contributed by atoms with van der Waals surface area (Å²) in [6.07, 6.45) is 0. The number of carboxylic acid groups (broad SMARTS) is 1. The van der Waals surface area contributed by atoms with Crippen molar-refractivity contribution < 1.29 is 19.0 Å². The molecule has 1 aliphatic heterocycles. The van der Waals surface area contributed by atoms with Gasteiger partial charge in [0.25, 0.3) is 5.69 Å². The zero-order chi connectivity index (χ0) is 13.9. The number of carbonyl (C=O) groups is 1. The molecule has 1 heterocycles. The minimum absolute atomic E-state index is 0.0643. The molecule has 1 aromatic rings. The lowest BCUT2D eigenvalue weighted by Gasteiger charge is -2.19. The van der Waals surface area contributed by atoms with Gasteiger partial charge in [-0.25, -0.2) is 14.0 Å². The molecule has 98 valence electrons. The number of aromatic carboxylic acids is 1. The predicted octanol–water partition coefficient (Wildman–Crippen LogP) is 3.67. The van der Waals surface area contributed by atoms with Crippen LogP contribution in [0.1, 0.15) is 21.8 Å². The van der Waals surface area contributed by atoms with Crippen LogP contribution in [0.3, 0.4) is 0 Å². The van der Waals surface area contributed by atoms with Gasteiger partial charge >= 0.3 is 5.97 Å². The molecule has 0 spiro atoms. The minimum Gasteiger partial charge on any atom is -0.504 e. The molecule has 1 aliphatic carbocycles. The third-order valence-electron chi connectivity index (χ3n) is 3.51. The Kier molecular flexibility index (Phi) is 2.67. The molecule has 7 heteroatoms. The minimum atomic E-state index is -1.22. The van der Waals surface area contributed by atoms with E-state index in [1.165, 1.54) is 0 Å². The van der Waals surface area contributed by atoms with Crippen LogP contribution in [0.25, 0.3) is 4.85 Å². The summed E-state index contributed by atoms with van der Waals surface area (Å²) in [5.74, 6) is -2.08. The molecule has 0 bridgehead atoms. The zero-order valence-electron chi connectivity index (χ0n) is 9.28. The molecule has 0 radical (unpaired) electrons. The van der Waals surface area contributed by atoms with Gasteiger partial charge in [0.1, 0.15) is 11.6 Å². The smallest absolute Gasteiger partial charge is 0.336 e. The maximum atomic E-state index is 13.8. The average molecular weight is 391 g/mol. The number of ether oxygens (including phenoxy) is 1. The highest BCUT2D eigenvalue weighted by Gasteiger charge is 2.66. The Balaban J connectivity index is 2.30. The van der Waals surface area contributed by atoms with E-state index in [-0.39, 0.29) is 28.8 Å². The highest BCUT2D eigenvalue weighted by Crippen LogP contribution is 2.71. The number of fused-ring (bicyclic) bond motifs is 3. The average Bonchev–Trinajstić information content (AvgIpc) is 2.91. The van der Waals surface area contributed by atoms with E-state index in [1.807, 2.05) is 0 Å². The fourth-order valence-corrected chi connectivity index (χ4v) is 4.16. The van der Waals surface area contributed by atoms with Gasteiger partial charge in [0, 0.05) is 17.4 Å². The third-order valence-corrected chi connectivity index (χ3v) is 5.67. The summed E-state index contributed by atoms with van der Waals surface area (Å²) < 4.78 is 18.7. The van der Waals surface area contributed by atoms with Crippen molar-refractivity contribution in [1.29, 1.82) is 0 Å². The number of hydrogen-bond acceptors (Lipinski definition) is 2. The van der Waals surface area contributed by atoms with E-state index in [4.69, 9.17) is 11.3 Å². The summed E-state index contributed by atoms with van der Waals surface area (Å²) in [4.78, 5) is 14.4. The van der Waals surface area contributed by atoms with Gasteiger partial charge in [-0.3, -0.25) is 0 Å². The van der Waals surface area contributed by atoms with Gasteiger partial charge in [-0.15, -0.1) is 0 Å². The third kappa shape index (κ3) is 1.63. The molecule has 1 aromatic carbocycles. The molecule has 2 unspecified atom stereocenters. The number of benzene rings is 1. The van der Waals surface area contributed by atoms with E-state index in [9.17, 15) is 14.3 Å². The van der Waals surface area contributed by atoms with Crippen LogP contribution < -0.4 is 4.74 Å². The summed E-state index contributed by atoms with van der Waals surface area (Å²) in [6, 6.07) is 0.898. The largest absolute Gasteiger partial charge is 0.504 e. The fraction of sp³-hybridized carbons (Fsp3) is 0.333. The van der Waals surface area contributed by atoms with Crippen LogP contribution in [-0.2, 0) is 0 Å². The summed E-state index contributed by atoms with van der Waals surface area (Å²) in [5.41, 5.74) is 0.00132. The lowest BCUT2D eigenvalue weighted by atomic mass is 9.97. The Bertz CT molecular complexity index is 653. The second-order valence-corrected chi connectivity index (χ2v) is 8.17. The zero-order valence-corrected chi connectivity index (χ0v) is 12.5. The van der Waals surface area contributed by atoms with Crippen molar-refractivity contribution in [1.82, 2.24) is 0 Å². The Labute approximate surface area is 124 Å². The van der Waals surface area contributed by atoms with Crippen LogP contribution in [0, 0.1) is 18.3 Å². The Morgan fingerprint density at radius 3 is 2.89 bits per heavy atom. The highest BCUT2D eigenvalue weighted by molar-refractivity contribution is 9.25. The first-order valence-corrected chi connectivity index (χ1v) is 6.96. The number of nitrogens with zero attached hydrogens (tertiary/aromatic N) is 1. The first-order chi connectivity index (χ1) is 8.89. The number of carboxylic acids is 1. The Morgan fingerprint density at radius 2 is 2.32 bits per heavy atom. The molecule has 3 rings (SSSR count). The molecule has 1 saturated carbocycles. The molecule has 0 saturated heterocycles. The molecule has 1 fully saturated rings. The fourth-order valence-electron chi connectivity index (χ4n) is 2.53. The van der Waals surface area contributed by atoms with Gasteiger partial charge in [0.05, 0.1) is 22.0 Å². The second kappa shape index (κ2) is 3.93. The topological polar surface area (TPSA) is 50.9 Å². The van der Waals surface area contributed by atoms with Crippen molar-refractivity contribution in [2.45, 2.75) is 9.15 Å². The van der Waals surface area contributed by atoms with Gasteiger partial charge in [0.2, 0.25) is 0 Å². The molecule has 19 heavy (non-hydrogen) atoms. The maximum absolute atomic E-state index is 13.8. The van der Waals surface area contributed by atoms with E-state index in [2.05, 4.69) is 36.7 Å². The molecule has 1 N–H and O–H groups in total. The summed E-state index contributed by atoms with van der Waals surface area (Å²) in [7, 11) is 0. The first kappa shape index (κ1) is 12.9. The van der Waals surface area contributed by atoms with Crippen molar-refractivity contribution in [2.24, 2.45) is 5.92 Å². The summed E-state index contributed by atoms with van der Waals surface area (Å²) >= 11 is 6.94. The van der Waals surface area contributed by atoms with Gasteiger partial charge in [-0.1, -0.05) is 31.9 Å². The normalized spacial score (nSPS) is 25.6. The molecular weight excluding hydrogens is 385 g/mol. The number of hydrogen-bond donors (Lipinski definition) is 1. The Hall–Kier alpha value is -1.13. The van der Waals surface area contributed by atoms with Gasteiger partial charge in [0.15, 0.2) is 0 Å². The number of rotatable bonds is 1. The van der Waals surface area contributed by atoms with E-state index in [1.54, 1.807) is 0 Å². The van der Waals surface area contributed by atoms with Gasteiger partial charge < -0.3 is 9.84 Å². The van der Waals surface area contributed by atoms with Crippen LogP contribution in [-0.4, -0.2) is 20.9 Å². The lowest BCUT2D eigenvalue weighted by molar-refractivity contribution is 0.0693. The molecule has 0 aromatic heterocycles. The van der Waals surface area contributed by atoms with Crippen molar-refractivity contribution in [3.05, 3.63) is 34.4 Å². The highest BCUT2D eigenvalue weighted by atomic mass is 79.9. The number of halogens is 3. The second-order valence-electron chi connectivity index (χ2n) is 4.48. The standard InChI is InChI=1S/C12H6Br2FNO3/c1-16-9-6(15)2-4(11(17)18)7-8-5(12(8,13)14)3-19-10(7)9/h2,5,8H,3H2,(H,17,18). The van der Waals surface area contributed by atoms with Crippen molar-refractivity contribution in [2.75, 3.05) is 6.61 Å². The van der Waals surface area contributed by atoms with Crippen molar-refractivity contribution in [3.63, 3.8) is 0 Å². The quantitative estimate of drug-likeness (QED) is 0.588. The SMILES string of the molecule is [C-]#[N+]c1c(F)cc(C(=O)O)c2c1OCC1C2C1(Br)Br. The van der Waals surface area contributed by atoms with E-state index < -0.39 is 15.0 Å². The summed E-state index contributed by atoms with van der Waals surface area (Å²) in [5, 5.41) is 9.21. The van der Waals surface area contributed by atoms with Gasteiger partial charge in [-0.05, 0) is 6.07 Å². The van der Waals surface area contributed by atoms with Crippen LogP contribution in [0.2, 0.25) is 0 Å². The Morgan fingerprint density at radius 1 is 1.63 bits per heavy atom. The van der Waals surface area contributed by atoms with E-state index in [0.717, 1.165) is 6.07 Å². The molecule has 2 aliphatic rings. The van der Waals surface area contributed by atoms with Crippen LogP contribution in [0.15, 0.2) is 6.07 Å². The van der Waals surface area contributed by atoms with Crippen molar-refractivity contribution >= 4 is 43.5 Å². The van der Waals surface area contributed by atoms with Crippen LogP contribution in [0.4, 0.5) is 10.1 Å². The van der Waals surface area contributed by atoms with E-state index in [0.29, 0.717) is 12.2 Å². The molecule has 2 atom stereocenters. The molecular formula is C12H6Br2FNO3. The molecule has 0 amide bonds. The first-order valence-electron chi connectivity index (χ1n) is 5.37. The van der Waals surface area contributed by atoms with Gasteiger partial charge in [-0.2, -0.15) is 0 Å². The molecule has 4 nitrogen and oxygen atoms in total. The predicted molar refractivity (Wildman–Crippen MR) is 71.9 cm³/mol. The summed E-state index contributed by atoms with van der Waals surface area (Å²) in [6.45, 7) is 7.33. The van der Waals surface area contributed by atoms with Crippen LogP contribution in [0.5, 0.6) is 5.75 Å². The lowest BCUT2D eigenvalue weighted by Crippen LogP contribution is -2.13. The maximum Gasteiger partial charge on any atom is 0.336 e. The monoisotopic (exact) mass is 389 g/mol. The van der Waals surface area contributed by atoms with E-state index >= 15 is 0 Å². The number of alkyl halides is 2. The van der Waals surface area contributed by atoms with Crippen LogP contribution >= 0.6 is 31.9 Å².